The maximum Gasteiger partial charge on any atom is 0.191 e. The lowest BCUT2D eigenvalue weighted by Gasteiger charge is -2.30. The summed E-state index contributed by atoms with van der Waals surface area (Å²) in [6.45, 7) is 9.20. The van der Waals surface area contributed by atoms with E-state index in [9.17, 15) is 0 Å². The van der Waals surface area contributed by atoms with E-state index in [4.69, 9.17) is 4.74 Å². The van der Waals surface area contributed by atoms with Gasteiger partial charge in [-0.25, -0.2) is 0 Å². The summed E-state index contributed by atoms with van der Waals surface area (Å²) < 4.78 is 7.91. The molecule has 26 heavy (non-hydrogen) atoms. The first-order valence-electron chi connectivity index (χ1n) is 9.84. The third-order valence-electron chi connectivity index (χ3n) is 4.98. The maximum atomic E-state index is 5.58. The highest BCUT2D eigenvalue weighted by Crippen LogP contribution is 2.20. The monoisotopic (exact) mass is 364 g/mol. The molecule has 148 valence electrons. The minimum atomic E-state index is 0.0894. The number of aromatic nitrogens is 3. The lowest BCUT2D eigenvalue weighted by Crippen LogP contribution is -2.45. The van der Waals surface area contributed by atoms with Crippen LogP contribution in [0.15, 0.2) is 4.99 Å². The molecule has 1 aromatic rings. The van der Waals surface area contributed by atoms with E-state index in [1.54, 1.807) is 14.2 Å². The van der Waals surface area contributed by atoms with Gasteiger partial charge in [0.1, 0.15) is 11.6 Å². The summed E-state index contributed by atoms with van der Waals surface area (Å²) in [6.07, 6.45) is 6.91. The first kappa shape index (κ1) is 20.7. The van der Waals surface area contributed by atoms with Gasteiger partial charge in [-0.3, -0.25) is 4.99 Å². The number of guanidine groups is 1. The van der Waals surface area contributed by atoms with Gasteiger partial charge in [-0.05, 0) is 24.7 Å². The van der Waals surface area contributed by atoms with Crippen LogP contribution in [0.1, 0.15) is 58.1 Å². The normalized spacial score (nSPS) is 16.7. The van der Waals surface area contributed by atoms with Crippen LogP contribution >= 0.6 is 0 Å². The second-order valence-electron chi connectivity index (χ2n) is 8.07. The number of rotatable bonds is 7. The van der Waals surface area contributed by atoms with Crippen LogP contribution < -0.4 is 10.6 Å². The first-order valence-corrected chi connectivity index (χ1v) is 9.84. The first-order chi connectivity index (χ1) is 12.5. The summed E-state index contributed by atoms with van der Waals surface area (Å²) in [5, 5.41) is 15.5. The number of fused-ring (bicyclic) bond motifs is 1. The highest BCUT2D eigenvalue weighted by atomic mass is 16.5. The predicted molar refractivity (Wildman–Crippen MR) is 106 cm³/mol. The molecule has 0 saturated carbocycles. The van der Waals surface area contributed by atoms with Crippen LogP contribution in [0, 0.1) is 5.41 Å². The molecule has 1 atom stereocenters. The standard InChI is InChI=1S/C19H36N6O/c1-19(2,3)15(26-5)14-22-18(20-4)21-12-9-11-17-24-23-16-10-7-6-8-13-25(16)17/h15H,6-14H2,1-5H3,(H2,20,21,22). The van der Waals surface area contributed by atoms with Crippen molar-refractivity contribution in [2.24, 2.45) is 10.4 Å². The second-order valence-corrected chi connectivity index (χ2v) is 8.07. The lowest BCUT2D eigenvalue weighted by molar-refractivity contribution is 0.0205. The zero-order valence-corrected chi connectivity index (χ0v) is 17.1. The fraction of sp³-hybridized carbons (Fsp3) is 0.842. The van der Waals surface area contributed by atoms with E-state index in [2.05, 4.69) is 51.2 Å². The molecule has 7 heteroatoms. The Kier molecular flexibility index (Phi) is 7.87. The Morgan fingerprint density at radius 3 is 2.73 bits per heavy atom. The van der Waals surface area contributed by atoms with E-state index >= 15 is 0 Å². The molecule has 1 aromatic heterocycles. The van der Waals surface area contributed by atoms with Gasteiger partial charge in [0.2, 0.25) is 0 Å². The Balaban J connectivity index is 1.74. The molecular formula is C19H36N6O. The second kappa shape index (κ2) is 9.90. The Labute approximate surface area is 158 Å². The fourth-order valence-electron chi connectivity index (χ4n) is 3.34. The topological polar surface area (TPSA) is 76.4 Å². The minimum absolute atomic E-state index is 0.0894. The van der Waals surface area contributed by atoms with Crippen molar-refractivity contribution in [2.75, 3.05) is 27.2 Å². The number of methoxy groups -OCH3 is 1. The van der Waals surface area contributed by atoms with Crippen molar-refractivity contribution in [1.82, 2.24) is 25.4 Å². The van der Waals surface area contributed by atoms with Crippen LogP contribution in [0.25, 0.3) is 0 Å². The molecule has 1 aliphatic heterocycles. The number of nitrogens with zero attached hydrogens (tertiary/aromatic N) is 4. The summed E-state index contributed by atoms with van der Waals surface area (Å²) in [5.41, 5.74) is 0.0894. The molecule has 0 aromatic carbocycles. The Morgan fingerprint density at radius 2 is 2.04 bits per heavy atom. The molecule has 1 aliphatic rings. The lowest BCUT2D eigenvalue weighted by atomic mass is 9.89. The Bertz CT molecular complexity index is 575. The molecule has 1 unspecified atom stereocenters. The van der Waals surface area contributed by atoms with Crippen LogP contribution in [-0.4, -0.2) is 54.1 Å². The quantitative estimate of drug-likeness (QED) is 0.440. The average Bonchev–Trinajstić information content (AvgIpc) is 2.82. The molecule has 0 amide bonds. The van der Waals surface area contributed by atoms with Crippen LogP contribution in [-0.2, 0) is 24.1 Å². The predicted octanol–water partition coefficient (Wildman–Crippen LogP) is 2.16. The van der Waals surface area contributed by atoms with Gasteiger partial charge in [-0.15, -0.1) is 10.2 Å². The van der Waals surface area contributed by atoms with Gasteiger partial charge in [0.05, 0.1) is 6.10 Å². The number of ether oxygens (including phenoxy) is 1. The smallest absolute Gasteiger partial charge is 0.191 e. The van der Waals surface area contributed by atoms with Gasteiger partial charge >= 0.3 is 0 Å². The average molecular weight is 365 g/mol. The molecule has 0 spiro atoms. The number of hydrogen-bond donors (Lipinski definition) is 2. The number of aliphatic imine (C=N–C) groups is 1. The fourth-order valence-corrected chi connectivity index (χ4v) is 3.34. The highest BCUT2D eigenvalue weighted by molar-refractivity contribution is 5.79. The van der Waals surface area contributed by atoms with E-state index in [1.807, 2.05) is 0 Å². The molecule has 0 radical (unpaired) electrons. The maximum absolute atomic E-state index is 5.58. The Morgan fingerprint density at radius 1 is 1.23 bits per heavy atom. The van der Waals surface area contributed by atoms with Gasteiger partial charge in [0.25, 0.3) is 0 Å². The molecule has 2 rings (SSSR count). The van der Waals surface area contributed by atoms with Crippen LogP contribution in [0.4, 0.5) is 0 Å². The molecule has 0 saturated heterocycles. The van der Waals surface area contributed by atoms with Gasteiger partial charge in [0.15, 0.2) is 5.96 Å². The highest BCUT2D eigenvalue weighted by Gasteiger charge is 2.24. The van der Waals surface area contributed by atoms with Crippen molar-refractivity contribution in [2.45, 2.75) is 71.9 Å². The van der Waals surface area contributed by atoms with E-state index < -0.39 is 0 Å². The molecule has 0 bridgehead atoms. The molecule has 0 fully saturated rings. The third-order valence-corrected chi connectivity index (χ3v) is 4.98. The summed E-state index contributed by atoms with van der Waals surface area (Å²) >= 11 is 0. The van der Waals surface area contributed by atoms with E-state index in [1.165, 1.54) is 19.3 Å². The van der Waals surface area contributed by atoms with Crippen molar-refractivity contribution in [1.29, 1.82) is 0 Å². The van der Waals surface area contributed by atoms with E-state index in [-0.39, 0.29) is 11.5 Å². The Hall–Kier alpha value is -1.63. The van der Waals surface area contributed by atoms with Gasteiger partial charge in [-0.1, -0.05) is 27.2 Å². The molecule has 2 heterocycles. The molecular weight excluding hydrogens is 328 g/mol. The number of aryl methyl sites for hydroxylation is 2. The zero-order chi connectivity index (χ0) is 19.0. The van der Waals surface area contributed by atoms with Crippen molar-refractivity contribution >= 4 is 5.96 Å². The van der Waals surface area contributed by atoms with Crippen LogP contribution in [0.2, 0.25) is 0 Å². The molecule has 0 aliphatic carbocycles. The van der Waals surface area contributed by atoms with Crippen molar-refractivity contribution < 1.29 is 4.74 Å². The number of nitrogens with one attached hydrogen (secondary N) is 2. The van der Waals surface area contributed by atoms with E-state index in [0.717, 1.165) is 56.5 Å². The molecule has 2 N–H and O–H groups in total. The van der Waals surface area contributed by atoms with Crippen molar-refractivity contribution in [3.63, 3.8) is 0 Å². The summed E-state index contributed by atoms with van der Waals surface area (Å²) in [5.74, 6) is 3.10. The van der Waals surface area contributed by atoms with Crippen molar-refractivity contribution in [3.8, 4) is 0 Å². The van der Waals surface area contributed by atoms with Gasteiger partial charge in [0, 0.05) is 46.6 Å². The van der Waals surface area contributed by atoms with Crippen molar-refractivity contribution in [3.05, 3.63) is 11.6 Å². The largest absolute Gasteiger partial charge is 0.379 e. The third kappa shape index (κ3) is 5.97. The summed E-state index contributed by atoms with van der Waals surface area (Å²) in [4.78, 5) is 4.30. The van der Waals surface area contributed by atoms with Gasteiger partial charge < -0.3 is 19.9 Å². The summed E-state index contributed by atoms with van der Waals surface area (Å²) in [7, 11) is 3.56. The minimum Gasteiger partial charge on any atom is -0.379 e. The number of hydrogen-bond acceptors (Lipinski definition) is 4. The molecule has 7 nitrogen and oxygen atoms in total. The summed E-state index contributed by atoms with van der Waals surface area (Å²) in [6, 6.07) is 0. The zero-order valence-electron chi connectivity index (χ0n) is 17.1. The van der Waals surface area contributed by atoms with Gasteiger partial charge in [-0.2, -0.15) is 0 Å². The van der Waals surface area contributed by atoms with Crippen LogP contribution in [0.5, 0.6) is 0 Å². The van der Waals surface area contributed by atoms with Crippen LogP contribution in [0.3, 0.4) is 0 Å². The van der Waals surface area contributed by atoms with E-state index in [0.29, 0.717) is 0 Å². The SMILES string of the molecule is CN=C(NCCCc1nnc2n1CCCCC2)NCC(OC)C(C)(C)C.